The van der Waals surface area contributed by atoms with Gasteiger partial charge in [0.25, 0.3) is 0 Å². The van der Waals surface area contributed by atoms with E-state index in [4.69, 9.17) is 10.8 Å². The van der Waals surface area contributed by atoms with Gasteiger partial charge in [-0.1, -0.05) is 13.3 Å². The van der Waals surface area contributed by atoms with E-state index < -0.39 is 23.7 Å². The van der Waals surface area contributed by atoms with Crippen LogP contribution in [-0.2, 0) is 11.3 Å². The Morgan fingerprint density at radius 1 is 1.47 bits per heavy atom. The summed E-state index contributed by atoms with van der Waals surface area (Å²) >= 11 is 0. The summed E-state index contributed by atoms with van der Waals surface area (Å²) in [6, 6.07) is 3.03. The van der Waals surface area contributed by atoms with Gasteiger partial charge in [-0.05, 0) is 24.6 Å². The van der Waals surface area contributed by atoms with E-state index >= 15 is 0 Å². The van der Waals surface area contributed by atoms with Gasteiger partial charge >= 0.3 is 5.97 Å². The van der Waals surface area contributed by atoms with Crippen molar-refractivity contribution in [1.82, 2.24) is 5.32 Å². The molecule has 19 heavy (non-hydrogen) atoms. The number of nitrogens with one attached hydrogen (secondary N) is 1. The maximum Gasteiger partial charge on any atom is 0.320 e. The SMILES string of the molecule is CCCC(NCc1cc(C(N)=O)ccc1F)C(=O)O. The number of nitrogens with two attached hydrogens (primary N) is 1. The van der Waals surface area contributed by atoms with E-state index in [9.17, 15) is 14.0 Å². The number of carboxylic acid groups (broad SMARTS) is 1. The molecule has 0 aliphatic carbocycles. The molecule has 1 aromatic carbocycles. The number of hydrogen-bond acceptors (Lipinski definition) is 3. The van der Waals surface area contributed by atoms with Crippen LogP contribution >= 0.6 is 0 Å². The Balaban J connectivity index is 2.78. The Kier molecular flexibility index (Phi) is 5.44. The molecule has 0 radical (unpaired) electrons. The molecule has 0 aromatic heterocycles. The van der Waals surface area contributed by atoms with Crippen molar-refractivity contribution in [2.75, 3.05) is 0 Å². The normalized spacial score (nSPS) is 12.1. The average molecular weight is 268 g/mol. The molecule has 4 N–H and O–H groups in total. The van der Waals surface area contributed by atoms with Crippen molar-refractivity contribution in [1.29, 1.82) is 0 Å². The van der Waals surface area contributed by atoms with Crippen LogP contribution in [-0.4, -0.2) is 23.0 Å². The second-order valence-corrected chi connectivity index (χ2v) is 4.23. The molecule has 0 saturated heterocycles. The lowest BCUT2D eigenvalue weighted by molar-refractivity contribution is -0.139. The Morgan fingerprint density at radius 3 is 2.68 bits per heavy atom. The molecule has 1 atom stereocenters. The lowest BCUT2D eigenvalue weighted by Gasteiger charge is -2.14. The second-order valence-electron chi connectivity index (χ2n) is 4.23. The minimum Gasteiger partial charge on any atom is -0.480 e. The summed E-state index contributed by atoms with van der Waals surface area (Å²) in [6.45, 7) is 1.90. The Labute approximate surface area is 110 Å². The number of carbonyl (C=O) groups excluding carboxylic acids is 1. The number of hydrogen-bond donors (Lipinski definition) is 3. The Hall–Kier alpha value is -1.95. The molecule has 1 unspecified atom stereocenters. The van der Waals surface area contributed by atoms with E-state index in [1.54, 1.807) is 0 Å². The van der Waals surface area contributed by atoms with Gasteiger partial charge in [-0.2, -0.15) is 0 Å². The van der Waals surface area contributed by atoms with Crippen molar-refractivity contribution in [3.63, 3.8) is 0 Å². The number of aliphatic carboxylic acids is 1. The van der Waals surface area contributed by atoms with Crippen LogP contribution in [0.3, 0.4) is 0 Å². The fourth-order valence-electron chi connectivity index (χ4n) is 1.70. The highest BCUT2D eigenvalue weighted by atomic mass is 19.1. The van der Waals surface area contributed by atoms with Crippen molar-refractivity contribution in [2.24, 2.45) is 5.73 Å². The zero-order chi connectivity index (χ0) is 14.4. The first-order valence-corrected chi connectivity index (χ1v) is 6.00. The molecule has 0 bridgehead atoms. The van der Waals surface area contributed by atoms with Crippen LogP contribution in [0, 0.1) is 5.82 Å². The van der Waals surface area contributed by atoms with E-state index in [1.807, 2.05) is 6.92 Å². The highest BCUT2D eigenvalue weighted by molar-refractivity contribution is 5.92. The van der Waals surface area contributed by atoms with Gasteiger partial charge in [-0.15, -0.1) is 0 Å². The molecule has 1 amide bonds. The summed E-state index contributed by atoms with van der Waals surface area (Å²) in [7, 11) is 0. The van der Waals surface area contributed by atoms with E-state index in [0.717, 1.165) is 6.07 Å². The molecule has 1 aromatic rings. The molecule has 5 nitrogen and oxygen atoms in total. The third-order valence-electron chi connectivity index (χ3n) is 2.74. The van der Waals surface area contributed by atoms with E-state index in [2.05, 4.69) is 5.32 Å². The monoisotopic (exact) mass is 268 g/mol. The first-order valence-electron chi connectivity index (χ1n) is 6.00. The first-order chi connectivity index (χ1) is 8.95. The van der Waals surface area contributed by atoms with Crippen LogP contribution in [0.2, 0.25) is 0 Å². The van der Waals surface area contributed by atoms with Crippen molar-refractivity contribution < 1.29 is 19.1 Å². The third-order valence-corrected chi connectivity index (χ3v) is 2.74. The smallest absolute Gasteiger partial charge is 0.320 e. The van der Waals surface area contributed by atoms with Gasteiger partial charge < -0.3 is 16.2 Å². The minimum atomic E-state index is -0.978. The number of primary amides is 1. The minimum absolute atomic E-state index is 0.0317. The number of carboxylic acids is 1. The Bertz CT molecular complexity index is 477. The van der Waals surface area contributed by atoms with Crippen LogP contribution in [0.4, 0.5) is 4.39 Å². The van der Waals surface area contributed by atoms with Gasteiger partial charge in [0.15, 0.2) is 0 Å². The maximum atomic E-state index is 13.5. The number of rotatable bonds is 7. The van der Waals surface area contributed by atoms with Crippen LogP contribution in [0.25, 0.3) is 0 Å². The molecule has 104 valence electrons. The van der Waals surface area contributed by atoms with Crippen LogP contribution in [0.5, 0.6) is 0 Å². The summed E-state index contributed by atoms with van der Waals surface area (Å²) in [5.41, 5.74) is 5.52. The zero-order valence-electron chi connectivity index (χ0n) is 10.6. The summed E-state index contributed by atoms with van der Waals surface area (Å²) in [4.78, 5) is 21.9. The first kappa shape index (κ1) is 15.1. The van der Waals surface area contributed by atoms with Crippen molar-refractivity contribution in [2.45, 2.75) is 32.4 Å². The van der Waals surface area contributed by atoms with E-state index in [1.165, 1.54) is 12.1 Å². The van der Waals surface area contributed by atoms with Gasteiger partial charge in [0, 0.05) is 17.7 Å². The fraction of sp³-hybridized carbons (Fsp3) is 0.385. The largest absolute Gasteiger partial charge is 0.480 e. The number of amides is 1. The Morgan fingerprint density at radius 2 is 2.16 bits per heavy atom. The van der Waals surface area contributed by atoms with Gasteiger partial charge in [-0.25, -0.2) is 4.39 Å². The quantitative estimate of drug-likeness (QED) is 0.694. The summed E-state index contributed by atoms with van der Waals surface area (Å²) < 4.78 is 13.5. The molecular weight excluding hydrogens is 251 g/mol. The number of halogens is 1. The highest BCUT2D eigenvalue weighted by Gasteiger charge is 2.16. The summed E-state index contributed by atoms with van der Waals surface area (Å²) in [5, 5.41) is 11.7. The lowest BCUT2D eigenvalue weighted by Crippen LogP contribution is -2.36. The highest BCUT2D eigenvalue weighted by Crippen LogP contribution is 2.11. The predicted molar refractivity (Wildman–Crippen MR) is 68.1 cm³/mol. The molecule has 0 heterocycles. The van der Waals surface area contributed by atoms with E-state index in [-0.39, 0.29) is 17.7 Å². The lowest BCUT2D eigenvalue weighted by atomic mass is 10.1. The molecule has 0 aliphatic rings. The van der Waals surface area contributed by atoms with Gasteiger partial charge in [0.05, 0.1) is 0 Å². The molecular formula is C13H17FN2O3. The van der Waals surface area contributed by atoms with Crippen LogP contribution in [0.1, 0.15) is 35.7 Å². The van der Waals surface area contributed by atoms with Crippen LogP contribution < -0.4 is 11.1 Å². The standard InChI is InChI=1S/C13H17FN2O3/c1-2-3-11(13(18)19)16-7-9-6-8(12(15)17)4-5-10(9)14/h4-6,11,16H,2-3,7H2,1H3,(H2,15,17)(H,18,19). The molecule has 0 spiro atoms. The van der Waals surface area contributed by atoms with Crippen molar-refractivity contribution in [3.05, 3.63) is 35.1 Å². The molecule has 0 saturated carbocycles. The average Bonchev–Trinajstić information content (AvgIpc) is 2.35. The van der Waals surface area contributed by atoms with Crippen LogP contribution in [0.15, 0.2) is 18.2 Å². The van der Waals surface area contributed by atoms with Gasteiger partial charge in [-0.3, -0.25) is 9.59 Å². The number of carbonyl (C=O) groups is 2. The third kappa shape index (κ3) is 4.33. The fourth-order valence-corrected chi connectivity index (χ4v) is 1.70. The second kappa shape index (κ2) is 6.84. The summed E-state index contributed by atoms with van der Waals surface area (Å²) in [5.74, 6) is -2.13. The van der Waals surface area contributed by atoms with Gasteiger partial charge in [0.2, 0.25) is 5.91 Å². The molecule has 0 aliphatic heterocycles. The summed E-state index contributed by atoms with van der Waals surface area (Å²) in [6.07, 6.45) is 1.15. The molecule has 0 fully saturated rings. The molecule has 6 heteroatoms. The topological polar surface area (TPSA) is 92.4 Å². The maximum absolute atomic E-state index is 13.5. The van der Waals surface area contributed by atoms with Crippen molar-refractivity contribution in [3.8, 4) is 0 Å². The van der Waals surface area contributed by atoms with E-state index in [0.29, 0.717) is 12.8 Å². The molecule has 1 rings (SSSR count). The van der Waals surface area contributed by atoms with Crippen molar-refractivity contribution >= 4 is 11.9 Å². The van der Waals surface area contributed by atoms with Gasteiger partial charge in [0.1, 0.15) is 11.9 Å². The number of benzene rings is 1. The zero-order valence-corrected chi connectivity index (χ0v) is 10.6. The predicted octanol–water partition coefficient (Wildman–Crippen LogP) is 1.27.